The number of urea groups is 1. The fourth-order valence-electron chi connectivity index (χ4n) is 4.49. The zero-order valence-electron chi connectivity index (χ0n) is 20.8. The Morgan fingerprint density at radius 1 is 1.19 bits per heavy atom. The lowest BCUT2D eigenvalue weighted by Gasteiger charge is -2.37. The molecule has 1 fully saturated rings. The van der Waals surface area contributed by atoms with E-state index in [4.69, 9.17) is 14.7 Å². The Labute approximate surface area is 212 Å². The number of rotatable bonds is 11. The predicted molar refractivity (Wildman–Crippen MR) is 139 cm³/mol. The fourth-order valence-corrected chi connectivity index (χ4v) is 4.49. The van der Waals surface area contributed by atoms with Crippen LogP contribution >= 0.6 is 0 Å². The van der Waals surface area contributed by atoms with E-state index in [1.165, 1.54) is 0 Å². The molecule has 0 radical (unpaired) electrons. The third-order valence-electron chi connectivity index (χ3n) is 6.21. The molecule has 0 spiro atoms. The minimum atomic E-state index is -0.913. The number of benzene rings is 2. The van der Waals surface area contributed by atoms with Crippen LogP contribution < -0.4 is 15.5 Å². The second kappa shape index (κ2) is 13.5. The summed E-state index contributed by atoms with van der Waals surface area (Å²) in [5.41, 5.74) is 3.33. The first-order chi connectivity index (χ1) is 17.4. The number of ether oxygens (including phenoxy) is 2. The number of carbonyl (C=O) groups is 2. The van der Waals surface area contributed by atoms with E-state index in [2.05, 4.69) is 28.5 Å². The summed E-state index contributed by atoms with van der Waals surface area (Å²) in [6.45, 7) is 4.57. The summed E-state index contributed by atoms with van der Waals surface area (Å²) in [6, 6.07) is 14.3. The highest BCUT2D eigenvalue weighted by atomic mass is 16.5. The van der Waals surface area contributed by atoms with Gasteiger partial charge in [-0.05, 0) is 61.2 Å². The average molecular weight is 495 g/mol. The minimum Gasteiger partial charge on any atom is -0.481 e. The van der Waals surface area contributed by atoms with Gasteiger partial charge in [-0.15, -0.1) is 0 Å². The van der Waals surface area contributed by atoms with E-state index in [0.717, 1.165) is 37.1 Å². The van der Waals surface area contributed by atoms with Gasteiger partial charge in [0.05, 0.1) is 36.0 Å². The highest BCUT2D eigenvalue weighted by Crippen LogP contribution is 2.34. The van der Waals surface area contributed by atoms with Gasteiger partial charge in [0.25, 0.3) is 0 Å². The number of carboxylic acids is 1. The number of aliphatic carboxylic acids is 1. The lowest BCUT2D eigenvalue weighted by Crippen LogP contribution is -2.40. The molecule has 3 N–H and O–H groups in total. The molecule has 1 atom stereocenters. The normalized spacial score (nSPS) is 14.5. The Hall–Kier alpha value is -3.61. The quantitative estimate of drug-likeness (QED) is 0.410. The highest BCUT2D eigenvalue weighted by molar-refractivity contribution is 6.02. The summed E-state index contributed by atoms with van der Waals surface area (Å²) in [6.07, 6.45) is 2.64. The van der Waals surface area contributed by atoms with Gasteiger partial charge in [0.1, 0.15) is 0 Å². The fraction of sp³-hybridized carbons (Fsp3) is 0.444. The molecule has 1 aliphatic heterocycles. The van der Waals surface area contributed by atoms with Crippen molar-refractivity contribution in [3.63, 3.8) is 0 Å². The van der Waals surface area contributed by atoms with Gasteiger partial charge in [-0.2, -0.15) is 5.26 Å². The maximum absolute atomic E-state index is 13.0. The Bertz CT molecular complexity index is 1060. The molecule has 1 saturated heterocycles. The van der Waals surface area contributed by atoms with Gasteiger partial charge in [0.2, 0.25) is 0 Å². The van der Waals surface area contributed by atoms with Gasteiger partial charge >= 0.3 is 12.0 Å². The molecule has 0 saturated carbocycles. The second-order valence-electron chi connectivity index (χ2n) is 8.83. The Kier molecular flexibility index (Phi) is 10.1. The van der Waals surface area contributed by atoms with Crippen molar-refractivity contribution in [1.82, 2.24) is 0 Å². The van der Waals surface area contributed by atoms with Crippen molar-refractivity contribution >= 4 is 29.1 Å². The highest BCUT2D eigenvalue weighted by Gasteiger charge is 2.25. The zero-order valence-corrected chi connectivity index (χ0v) is 20.8. The first kappa shape index (κ1) is 27.0. The minimum absolute atomic E-state index is 0.0807. The van der Waals surface area contributed by atoms with Gasteiger partial charge in [-0.25, -0.2) is 4.79 Å². The molecule has 1 heterocycles. The molecule has 9 heteroatoms. The molecule has 9 nitrogen and oxygen atoms in total. The molecular formula is C27H34N4O5. The Morgan fingerprint density at radius 3 is 2.53 bits per heavy atom. The Balaban J connectivity index is 1.94. The van der Waals surface area contributed by atoms with Crippen LogP contribution in [0.3, 0.4) is 0 Å². The second-order valence-corrected chi connectivity index (χ2v) is 8.83. The Morgan fingerprint density at radius 2 is 1.92 bits per heavy atom. The maximum atomic E-state index is 13.0. The molecule has 192 valence electrons. The third kappa shape index (κ3) is 7.44. The molecule has 2 amide bonds. The molecule has 0 bridgehead atoms. The number of nitrogens with zero attached hydrogens (tertiary/aromatic N) is 2. The van der Waals surface area contributed by atoms with Crippen molar-refractivity contribution in [2.45, 2.75) is 44.6 Å². The van der Waals surface area contributed by atoms with E-state index in [9.17, 15) is 14.7 Å². The molecule has 2 aromatic carbocycles. The maximum Gasteiger partial charge on any atom is 0.323 e. The topological polar surface area (TPSA) is 124 Å². The van der Waals surface area contributed by atoms with Crippen LogP contribution in [-0.2, 0) is 14.3 Å². The van der Waals surface area contributed by atoms with Crippen molar-refractivity contribution in [3.05, 3.63) is 53.6 Å². The van der Waals surface area contributed by atoms with Gasteiger partial charge in [-0.3, -0.25) is 4.79 Å². The number of carbonyl (C=O) groups excluding carboxylic acids is 1. The number of nitriles is 1. The van der Waals surface area contributed by atoms with E-state index < -0.39 is 12.0 Å². The number of methoxy groups -OCH3 is 1. The van der Waals surface area contributed by atoms with Gasteiger partial charge in [0.15, 0.2) is 0 Å². The van der Waals surface area contributed by atoms with Crippen molar-refractivity contribution < 1.29 is 24.2 Å². The SMILES string of the molecule is CCCN(c1ccc([C@@H](COC)CC(=O)O)cc1NC(=O)Nc1ccc(C#N)cc1)C1CCOCC1. The summed E-state index contributed by atoms with van der Waals surface area (Å²) < 4.78 is 10.8. The van der Waals surface area contributed by atoms with E-state index >= 15 is 0 Å². The van der Waals surface area contributed by atoms with Crippen LogP contribution in [0.5, 0.6) is 0 Å². The lowest BCUT2D eigenvalue weighted by atomic mass is 9.95. The van der Waals surface area contributed by atoms with Gasteiger partial charge in [-0.1, -0.05) is 13.0 Å². The summed E-state index contributed by atoms with van der Waals surface area (Å²) in [5, 5.41) is 24.2. The molecule has 0 aromatic heterocycles. The standard InChI is InChI=1S/C27H34N4O5/c1-3-12-31(23-10-13-36-14-11-23)25-9-6-20(21(18-35-2)16-26(32)33)15-24(25)30-27(34)29-22-7-4-19(17-28)5-8-22/h4-9,15,21,23H,3,10-14,16,18H2,1-2H3,(H,32,33)(H2,29,30,34)/t21-/m1/s1. The van der Waals surface area contributed by atoms with E-state index in [-0.39, 0.29) is 25.0 Å². The van der Waals surface area contributed by atoms with E-state index in [1.54, 1.807) is 31.4 Å². The molecule has 2 aromatic rings. The first-order valence-corrected chi connectivity index (χ1v) is 12.2. The largest absolute Gasteiger partial charge is 0.481 e. The summed E-state index contributed by atoms with van der Waals surface area (Å²) in [7, 11) is 1.54. The van der Waals surface area contributed by atoms with Crippen LogP contribution in [0.2, 0.25) is 0 Å². The average Bonchev–Trinajstić information content (AvgIpc) is 2.88. The molecule has 1 aliphatic rings. The van der Waals surface area contributed by atoms with Crippen molar-refractivity contribution in [2.24, 2.45) is 0 Å². The number of hydrogen-bond acceptors (Lipinski definition) is 6. The predicted octanol–water partition coefficient (Wildman–Crippen LogP) is 4.80. The monoisotopic (exact) mass is 494 g/mol. The van der Waals surface area contributed by atoms with E-state index in [0.29, 0.717) is 30.2 Å². The molecule has 0 unspecified atom stereocenters. The van der Waals surface area contributed by atoms with Crippen molar-refractivity contribution in [2.75, 3.05) is 49.0 Å². The first-order valence-electron chi connectivity index (χ1n) is 12.2. The molecule has 3 rings (SSSR count). The number of nitrogens with one attached hydrogen (secondary N) is 2. The van der Waals surface area contributed by atoms with E-state index in [1.807, 2.05) is 18.2 Å². The number of hydrogen-bond donors (Lipinski definition) is 3. The summed E-state index contributed by atoms with van der Waals surface area (Å²) in [5.74, 6) is -1.27. The number of carboxylic acid groups (broad SMARTS) is 1. The summed E-state index contributed by atoms with van der Waals surface area (Å²) >= 11 is 0. The van der Waals surface area contributed by atoms with Crippen LogP contribution in [0.25, 0.3) is 0 Å². The van der Waals surface area contributed by atoms with Crippen LogP contribution in [0.4, 0.5) is 21.9 Å². The number of anilines is 3. The molecular weight excluding hydrogens is 460 g/mol. The van der Waals surface area contributed by atoms with Gasteiger partial charge < -0.3 is 30.1 Å². The third-order valence-corrected chi connectivity index (χ3v) is 6.21. The van der Waals surface area contributed by atoms with Crippen molar-refractivity contribution in [1.29, 1.82) is 5.26 Å². The molecule has 36 heavy (non-hydrogen) atoms. The van der Waals surface area contributed by atoms with Crippen LogP contribution in [-0.4, -0.2) is 56.6 Å². The van der Waals surface area contributed by atoms with Crippen LogP contribution in [0.15, 0.2) is 42.5 Å². The van der Waals surface area contributed by atoms with Crippen LogP contribution in [0, 0.1) is 11.3 Å². The lowest BCUT2D eigenvalue weighted by molar-refractivity contribution is -0.137. The smallest absolute Gasteiger partial charge is 0.323 e. The number of amides is 2. The zero-order chi connectivity index (χ0) is 25.9. The molecule has 0 aliphatic carbocycles. The van der Waals surface area contributed by atoms with Gasteiger partial charge in [0, 0.05) is 44.5 Å². The van der Waals surface area contributed by atoms with Crippen LogP contribution in [0.1, 0.15) is 49.7 Å². The summed E-state index contributed by atoms with van der Waals surface area (Å²) in [4.78, 5) is 26.8. The van der Waals surface area contributed by atoms with Crippen molar-refractivity contribution in [3.8, 4) is 6.07 Å².